The number of hydrogen-bond donors (Lipinski definition) is 3. The van der Waals surface area contributed by atoms with Crippen LogP contribution in [0.4, 0.5) is 0 Å². The van der Waals surface area contributed by atoms with E-state index >= 15 is 0 Å². The van der Waals surface area contributed by atoms with Crippen LogP contribution in [-0.4, -0.2) is 23.7 Å². The van der Waals surface area contributed by atoms with Gasteiger partial charge in [-0.1, -0.05) is 13.8 Å². The molecule has 0 bridgehead atoms. The van der Waals surface area contributed by atoms with Crippen LogP contribution in [0.2, 0.25) is 0 Å². The highest BCUT2D eigenvalue weighted by molar-refractivity contribution is 5.68. The van der Waals surface area contributed by atoms with Gasteiger partial charge in [-0.15, -0.1) is 0 Å². The molecule has 0 amide bonds. The molecule has 0 aliphatic carbocycles. The summed E-state index contributed by atoms with van der Waals surface area (Å²) in [6, 6.07) is 0.162. The third-order valence-electron chi connectivity index (χ3n) is 0.866. The molecule has 0 fully saturated rings. The molecule has 0 rings (SSSR count). The Morgan fingerprint density at radius 1 is 1.45 bits per heavy atom. The SMILES string of the molecule is CC(C)C(=O)O.CC(N)CN. The molecule has 0 radical (unpaired) electrons. The van der Waals surface area contributed by atoms with Gasteiger partial charge >= 0.3 is 5.97 Å². The molecule has 0 saturated carbocycles. The Bertz CT molecular complexity index is 103. The zero-order valence-corrected chi connectivity index (χ0v) is 7.37. The van der Waals surface area contributed by atoms with Gasteiger partial charge in [-0.3, -0.25) is 4.79 Å². The Morgan fingerprint density at radius 2 is 1.64 bits per heavy atom. The fourth-order valence-corrected chi connectivity index (χ4v) is 0. The maximum atomic E-state index is 9.70. The molecule has 4 nitrogen and oxygen atoms in total. The van der Waals surface area contributed by atoms with Crippen molar-refractivity contribution in [2.75, 3.05) is 6.54 Å². The summed E-state index contributed by atoms with van der Waals surface area (Å²) in [5.41, 5.74) is 10.2. The van der Waals surface area contributed by atoms with Gasteiger partial charge in [-0.2, -0.15) is 0 Å². The molecular weight excluding hydrogens is 144 g/mol. The second-order valence-electron chi connectivity index (χ2n) is 2.71. The van der Waals surface area contributed by atoms with Crippen molar-refractivity contribution in [3.05, 3.63) is 0 Å². The van der Waals surface area contributed by atoms with Crippen molar-refractivity contribution in [3.63, 3.8) is 0 Å². The molecule has 0 aromatic heterocycles. The first kappa shape index (κ1) is 13.0. The van der Waals surface area contributed by atoms with Crippen LogP contribution < -0.4 is 11.5 Å². The molecular formula is C7H18N2O2. The van der Waals surface area contributed by atoms with Crippen molar-refractivity contribution in [1.82, 2.24) is 0 Å². The van der Waals surface area contributed by atoms with Crippen molar-refractivity contribution in [3.8, 4) is 0 Å². The molecule has 1 unspecified atom stereocenters. The Kier molecular flexibility index (Phi) is 8.87. The van der Waals surface area contributed by atoms with Gasteiger partial charge in [0.25, 0.3) is 0 Å². The lowest BCUT2D eigenvalue weighted by Gasteiger charge is -1.92. The largest absolute Gasteiger partial charge is 0.481 e. The van der Waals surface area contributed by atoms with Crippen LogP contribution in [-0.2, 0) is 4.79 Å². The van der Waals surface area contributed by atoms with Crippen LogP contribution in [0, 0.1) is 5.92 Å². The molecule has 11 heavy (non-hydrogen) atoms. The Morgan fingerprint density at radius 3 is 1.64 bits per heavy atom. The maximum absolute atomic E-state index is 9.70. The monoisotopic (exact) mass is 162 g/mol. The third kappa shape index (κ3) is 17.7. The van der Waals surface area contributed by atoms with Gasteiger partial charge in [0.1, 0.15) is 0 Å². The summed E-state index contributed by atoms with van der Waals surface area (Å²) in [6.07, 6.45) is 0. The number of hydrogen-bond acceptors (Lipinski definition) is 3. The van der Waals surface area contributed by atoms with Crippen molar-refractivity contribution in [2.45, 2.75) is 26.8 Å². The van der Waals surface area contributed by atoms with Crippen LogP contribution in [0.5, 0.6) is 0 Å². The summed E-state index contributed by atoms with van der Waals surface area (Å²) in [5, 5.41) is 7.99. The lowest BCUT2D eigenvalue weighted by Crippen LogP contribution is -2.25. The minimum absolute atomic E-state index is 0.162. The summed E-state index contributed by atoms with van der Waals surface area (Å²) in [5.74, 6) is -0.972. The minimum Gasteiger partial charge on any atom is -0.481 e. The van der Waals surface area contributed by atoms with E-state index in [1.807, 2.05) is 6.92 Å². The Balaban J connectivity index is 0. The molecule has 0 aliphatic rings. The predicted molar refractivity (Wildman–Crippen MR) is 45.2 cm³/mol. The average molecular weight is 162 g/mol. The number of carbonyl (C=O) groups is 1. The van der Waals surface area contributed by atoms with Crippen molar-refractivity contribution >= 4 is 5.97 Å². The van der Waals surface area contributed by atoms with E-state index in [9.17, 15) is 4.79 Å². The molecule has 4 heteroatoms. The highest BCUT2D eigenvalue weighted by atomic mass is 16.4. The second kappa shape index (κ2) is 7.50. The Hall–Kier alpha value is -0.610. The topological polar surface area (TPSA) is 89.3 Å². The normalized spacial score (nSPS) is 11.8. The van der Waals surface area contributed by atoms with Gasteiger partial charge in [0.15, 0.2) is 0 Å². The molecule has 0 saturated heterocycles. The lowest BCUT2D eigenvalue weighted by atomic mass is 10.2. The van der Waals surface area contributed by atoms with Gasteiger partial charge in [-0.25, -0.2) is 0 Å². The van der Waals surface area contributed by atoms with Crippen LogP contribution in [0.15, 0.2) is 0 Å². The molecule has 0 aromatic carbocycles. The van der Waals surface area contributed by atoms with Crippen LogP contribution in [0.1, 0.15) is 20.8 Å². The first-order chi connectivity index (χ1) is 4.91. The van der Waals surface area contributed by atoms with Crippen LogP contribution >= 0.6 is 0 Å². The van der Waals surface area contributed by atoms with Crippen LogP contribution in [0.25, 0.3) is 0 Å². The van der Waals surface area contributed by atoms with E-state index in [1.54, 1.807) is 13.8 Å². The van der Waals surface area contributed by atoms with Crippen molar-refractivity contribution < 1.29 is 9.90 Å². The quantitative estimate of drug-likeness (QED) is 0.534. The molecule has 0 spiro atoms. The zero-order valence-electron chi connectivity index (χ0n) is 7.37. The number of nitrogens with two attached hydrogens (primary N) is 2. The third-order valence-corrected chi connectivity index (χ3v) is 0.866. The molecule has 68 valence electrons. The van der Waals surface area contributed by atoms with E-state index in [0.29, 0.717) is 6.54 Å². The fourth-order valence-electron chi connectivity index (χ4n) is 0. The minimum atomic E-state index is -0.741. The summed E-state index contributed by atoms with van der Waals surface area (Å²) >= 11 is 0. The van der Waals surface area contributed by atoms with E-state index in [2.05, 4.69) is 0 Å². The standard InChI is InChI=1S/C4H8O2.C3H10N2/c1-3(2)4(5)6;1-3(5)2-4/h3H,1-2H3,(H,5,6);3H,2,4-5H2,1H3. The van der Waals surface area contributed by atoms with E-state index in [0.717, 1.165) is 0 Å². The molecule has 1 atom stereocenters. The predicted octanol–water partition coefficient (Wildman–Crippen LogP) is 0.0193. The van der Waals surface area contributed by atoms with Gasteiger partial charge < -0.3 is 16.6 Å². The number of aliphatic carboxylic acids is 1. The number of rotatable bonds is 2. The molecule has 0 aliphatic heterocycles. The second-order valence-corrected chi connectivity index (χ2v) is 2.71. The summed E-state index contributed by atoms with van der Waals surface area (Å²) in [6.45, 7) is 5.74. The zero-order chi connectivity index (χ0) is 9.44. The smallest absolute Gasteiger partial charge is 0.305 e. The Labute approximate surface area is 67.6 Å². The summed E-state index contributed by atoms with van der Waals surface area (Å²) in [7, 11) is 0. The van der Waals surface area contributed by atoms with Gasteiger partial charge in [0.05, 0.1) is 5.92 Å². The maximum Gasteiger partial charge on any atom is 0.305 e. The molecule has 5 N–H and O–H groups in total. The summed E-state index contributed by atoms with van der Waals surface area (Å²) in [4.78, 5) is 9.70. The van der Waals surface area contributed by atoms with E-state index < -0.39 is 5.97 Å². The number of carboxylic acids is 1. The van der Waals surface area contributed by atoms with E-state index in [1.165, 1.54) is 0 Å². The highest BCUT2D eigenvalue weighted by Crippen LogP contribution is 1.87. The first-order valence-corrected chi connectivity index (χ1v) is 3.60. The van der Waals surface area contributed by atoms with Gasteiger partial charge in [0, 0.05) is 12.6 Å². The molecule has 0 heterocycles. The van der Waals surface area contributed by atoms with Gasteiger partial charge in [-0.05, 0) is 6.92 Å². The van der Waals surface area contributed by atoms with Crippen molar-refractivity contribution in [1.29, 1.82) is 0 Å². The van der Waals surface area contributed by atoms with Crippen LogP contribution in [0.3, 0.4) is 0 Å². The van der Waals surface area contributed by atoms with E-state index in [-0.39, 0.29) is 12.0 Å². The lowest BCUT2D eigenvalue weighted by molar-refractivity contribution is -0.140. The first-order valence-electron chi connectivity index (χ1n) is 3.60. The highest BCUT2D eigenvalue weighted by Gasteiger charge is 1.99. The van der Waals surface area contributed by atoms with Gasteiger partial charge in [0.2, 0.25) is 0 Å². The van der Waals surface area contributed by atoms with Crippen molar-refractivity contribution in [2.24, 2.45) is 17.4 Å². The van der Waals surface area contributed by atoms with E-state index in [4.69, 9.17) is 16.6 Å². The number of carboxylic acid groups (broad SMARTS) is 1. The molecule has 0 aromatic rings. The average Bonchev–Trinajstić information content (AvgIpc) is 1.89. The fraction of sp³-hybridized carbons (Fsp3) is 0.857. The summed E-state index contributed by atoms with van der Waals surface area (Å²) < 4.78 is 0.